The Morgan fingerprint density at radius 1 is 0.778 bits per heavy atom. The Kier molecular flexibility index (Phi) is 7.67. The topological polar surface area (TPSA) is 76.7 Å². The van der Waals surface area contributed by atoms with E-state index in [2.05, 4.69) is 10.6 Å². The summed E-state index contributed by atoms with van der Waals surface area (Å²) in [5.74, 6) is 0.914. The minimum atomic E-state index is -0.240. The molecule has 2 aromatic rings. The lowest BCUT2D eigenvalue weighted by molar-refractivity contribution is -0.124. The molecule has 0 fully saturated rings. The first-order valence-electron chi connectivity index (χ1n) is 8.88. The monoisotopic (exact) mass is 370 g/mol. The predicted octanol–water partition coefficient (Wildman–Crippen LogP) is 2.30. The van der Waals surface area contributed by atoms with Crippen molar-refractivity contribution in [1.29, 1.82) is 0 Å². The molecular formula is C21H26N2O4. The predicted molar refractivity (Wildman–Crippen MR) is 104 cm³/mol. The number of carbonyl (C=O) groups is 2. The molecule has 0 aliphatic rings. The van der Waals surface area contributed by atoms with E-state index in [1.54, 1.807) is 12.1 Å². The Bertz CT molecular complexity index is 775. The van der Waals surface area contributed by atoms with Crippen molar-refractivity contribution >= 4 is 11.8 Å². The summed E-state index contributed by atoms with van der Waals surface area (Å²) in [6.07, 6.45) is 0. The molecule has 2 amide bonds. The van der Waals surface area contributed by atoms with Gasteiger partial charge in [0.2, 0.25) is 0 Å². The van der Waals surface area contributed by atoms with Crippen LogP contribution in [0.4, 0.5) is 0 Å². The van der Waals surface area contributed by atoms with Crippen LogP contribution >= 0.6 is 0 Å². The van der Waals surface area contributed by atoms with Gasteiger partial charge in [-0.2, -0.15) is 0 Å². The van der Waals surface area contributed by atoms with Crippen LogP contribution in [0.1, 0.15) is 16.7 Å². The molecule has 0 saturated carbocycles. The molecule has 0 aliphatic carbocycles. The van der Waals surface area contributed by atoms with Crippen LogP contribution in [-0.2, 0) is 9.59 Å². The molecule has 0 heterocycles. The number of benzene rings is 2. The fourth-order valence-corrected chi connectivity index (χ4v) is 2.46. The summed E-state index contributed by atoms with van der Waals surface area (Å²) >= 11 is 0. The van der Waals surface area contributed by atoms with Crippen LogP contribution in [-0.4, -0.2) is 38.1 Å². The summed E-state index contributed by atoms with van der Waals surface area (Å²) in [5, 5.41) is 5.40. The fourth-order valence-electron chi connectivity index (χ4n) is 2.46. The van der Waals surface area contributed by atoms with Crippen molar-refractivity contribution in [3.05, 3.63) is 59.2 Å². The van der Waals surface area contributed by atoms with Crippen molar-refractivity contribution in [2.45, 2.75) is 20.8 Å². The summed E-state index contributed by atoms with van der Waals surface area (Å²) < 4.78 is 11.0. The summed E-state index contributed by atoms with van der Waals surface area (Å²) in [4.78, 5) is 23.6. The van der Waals surface area contributed by atoms with E-state index in [-0.39, 0.29) is 25.0 Å². The Morgan fingerprint density at radius 3 is 1.96 bits per heavy atom. The second kappa shape index (κ2) is 10.2. The number of nitrogens with one attached hydrogen (secondary N) is 2. The zero-order valence-electron chi connectivity index (χ0n) is 16.0. The molecular weight excluding hydrogens is 344 g/mol. The van der Waals surface area contributed by atoms with E-state index in [9.17, 15) is 9.59 Å². The van der Waals surface area contributed by atoms with Crippen molar-refractivity contribution in [3.63, 3.8) is 0 Å². The van der Waals surface area contributed by atoms with E-state index in [1.807, 2.05) is 51.1 Å². The standard InChI is InChI=1S/C21H26N2O4/c1-15-9-10-16(2)21(17(15)3)27-14-20(25)23-12-11-22-19(24)13-26-18-7-5-4-6-8-18/h4-10H,11-14H2,1-3H3,(H,22,24)(H,23,25). The highest BCUT2D eigenvalue weighted by atomic mass is 16.5. The maximum atomic E-state index is 11.9. The maximum absolute atomic E-state index is 11.9. The van der Waals surface area contributed by atoms with E-state index in [1.165, 1.54) is 0 Å². The first kappa shape index (κ1) is 20.3. The van der Waals surface area contributed by atoms with Gasteiger partial charge in [-0.25, -0.2) is 0 Å². The average molecular weight is 370 g/mol. The number of carbonyl (C=O) groups excluding carboxylic acids is 2. The van der Waals surface area contributed by atoms with Gasteiger partial charge < -0.3 is 20.1 Å². The van der Waals surface area contributed by atoms with E-state index in [0.29, 0.717) is 18.8 Å². The van der Waals surface area contributed by atoms with Gasteiger partial charge in [-0.1, -0.05) is 30.3 Å². The SMILES string of the molecule is Cc1ccc(C)c(OCC(=O)NCCNC(=O)COc2ccccc2)c1C. The van der Waals surface area contributed by atoms with Crippen molar-refractivity contribution in [3.8, 4) is 11.5 Å². The number of ether oxygens (including phenoxy) is 2. The Hall–Kier alpha value is -3.02. The van der Waals surface area contributed by atoms with Crippen LogP contribution in [0, 0.1) is 20.8 Å². The molecule has 0 atom stereocenters. The number of para-hydroxylation sites is 1. The molecule has 0 unspecified atom stereocenters. The number of amides is 2. The van der Waals surface area contributed by atoms with Crippen LogP contribution in [0.2, 0.25) is 0 Å². The minimum Gasteiger partial charge on any atom is -0.484 e. The van der Waals surface area contributed by atoms with Gasteiger partial charge >= 0.3 is 0 Å². The number of aryl methyl sites for hydroxylation is 2. The average Bonchev–Trinajstić information content (AvgIpc) is 2.67. The highest BCUT2D eigenvalue weighted by Gasteiger charge is 2.09. The van der Waals surface area contributed by atoms with Gasteiger partial charge in [0.15, 0.2) is 13.2 Å². The van der Waals surface area contributed by atoms with Gasteiger partial charge in [0, 0.05) is 13.1 Å². The van der Waals surface area contributed by atoms with Gasteiger partial charge in [0.25, 0.3) is 11.8 Å². The van der Waals surface area contributed by atoms with E-state index >= 15 is 0 Å². The van der Waals surface area contributed by atoms with Crippen LogP contribution in [0.15, 0.2) is 42.5 Å². The molecule has 144 valence electrons. The lowest BCUT2D eigenvalue weighted by atomic mass is 10.1. The van der Waals surface area contributed by atoms with Gasteiger partial charge in [0.05, 0.1) is 0 Å². The molecule has 6 heteroatoms. The lowest BCUT2D eigenvalue weighted by Gasteiger charge is -2.14. The number of rotatable bonds is 9. The van der Waals surface area contributed by atoms with Crippen LogP contribution in [0.25, 0.3) is 0 Å². The summed E-state index contributed by atoms with van der Waals surface area (Å²) in [5.41, 5.74) is 3.15. The van der Waals surface area contributed by atoms with Crippen LogP contribution in [0.3, 0.4) is 0 Å². The number of hydrogen-bond donors (Lipinski definition) is 2. The quantitative estimate of drug-likeness (QED) is 0.664. The van der Waals surface area contributed by atoms with Gasteiger partial charge in [0.1, 0.15) is 11.5 Å². The molecule has 0 saturated heterocycles. The van der Waals surface area contributed by atoms with E-state index < -0.39 is 0 Å². The Labute approximate surface area is 159 Å². The molecule has 0 aliphatic heterocycles. The molecule has 2 rings (SSSR count). The van der Waals surface area contributed by atoms with Crippen LogP contribution in [0.5, 0.6) is 11.5 Å². The Morgan fingerprint density at radius 2 is 1.33 bits per heavy atom. The molecule has 0 aromatic heterocycles. The van der Waals surface area contributed by atoms with Crippen molar-refractivity contribution in [2.75, 3.05) is 26.3 Å². The second-order valence-electron chi connectivity index (χ2n) is 6.24. The maximum Gasteiger partial charge on any atom is 0.258 e. The third-order valence-electron chi connectivity index (χ3n) is 4.10. The third-order valence-corrected chi connectivity index (χ3v) is 4.10. The van der Waals surface area contributed by atoms with Crippen molar-refractivity contribution in [2.24, 2.45) is 0 Å². The second-order valence-corrected chi connectivity index (χ2v) is 6.24. The van der Waals surface area contributed by atoms with E-state index in [0.717, 1.165) is 22.4 Å². The van der Waals surface area contributed by atoms with E-state index in [4.69, 9.17) is 9.47 Å². The zero-order valence-corrected chi connectivity index (χ0v) is 16.0. The smallest absolute Gasteiger partial charge is 0.258 e. The first-order chi connectivity index (χ1) is 13.0. The van der Waals surface area contributed by atoms with Crippen LogP contribution < -0.4 is 20.1 Å². The highest BCUT2D eigenvalue weighted by molar-refractivity contribution is 5.78. The number of hydrogen-bond acceptors (Lipinski definition) is 4. The molecule has 0 radical (unpaired) electrons. The zero-order chi connectivity index (χ0) is 19.6. The van der Waals surface area contributed by atoms with Gasteiger partial charge in [-0.15, -0.1) is 0 Å². The molecule has 0 spiro atoms. The minimum absolute atomic E-state index is 0.0593. The molecule has 6 nitrogen and oxygen atoms in total. The molecule has 27 heavy (non-hydrogen) atoms. The normalized spacial score (nSPS) is 10.2. The summed E-state index contributed by atoms with van der Waals surface area (Å²) in [6, 6.07) is 13.1. The first-order valence-corrected chi connectivity index (χ1v) is 8.88. The van der Waals surface area contributed by atoms with Crippen molar-refractivity contribution < 1.29 is 19.1 Å². The highest BCUT2D eigenvalue weighted by Crippen LogP contribution is 2.25. The fraction of sp³-hybridized carbons (Fsp3) is 0.333. The Balaban J connectivity index is 1.62. The largest absolute Gasteiger partial charge is 0.484 e. The van der Waals surface area contributed by atoms with Crippen molar-refractivity contribution in [1.82, 2.24) is 10.6 Å². The molecule has 2 aromatic carbocycles. The molecule has 0 bridgehead atoms. The summed E-state index contributed by atoms with van der Waals surface area (Å²) in [6.45, 7) is 6.46. The lowest BCUT2D eigenvalue weighted by Crippen LogP contribution is -2.38. The van der Waals surface area contributed by atoms with Gasteiger partial charge in [-0.3, -0.25) is 9.59 Å². The third kappa shape index (κ3) is 6.66. The molecule has 2 N–H and O–H groups in total. The van der Waals surface area contributed by atoms with Gasteiger partial charge in [-0.05, 0) is 49.6 Å². The summed E-state index contributed by atoms with van der Waals surface area (Å²) in [7, 11) is 0.